The number of hydrogen-bond donors (Lipinski definition) is 1. The van der Waals surface area contributed by atoms with Crippen LogP contribution in [0.4, 0.5) is 11.5 Å². The summed E-state index contributed by atoms with van der Waals surface area (Å²) in [6.45, 7) is 1.83. The molecule has 0 bridgehead atoms. The number of hydrogen-bond acceptors (Lipinski definition) is 6. The highest BCUT2D eigenvalue weighted by molar-refractivity contribution is 5.47. The van der Waals surface area contributed by atoms with Crippen molar-refractivity contribution in [3.05, 3.63) is 58.3 Å². The van der Waals surface area contributed by atoms with Gasteiger partial charge in [0.25, 0.3) is 0 Å². The molecule has 1 aliphatic heterocycles. The van der Waals surface area contributed by atoms with Gasteiger partial charge in [0.05, 0.1) is 12.3 Å². The van der Waals surface area contributed by atoms with Crippen molar-refractivity contribution < 1.29 is 14.8 Å². The van der Waals surface area contributed by atoms with Gasteiger partial charge >= 0.3 is 5.82 Å². The van der Waals surface area contributed by atoms with Gasteiger partial charge in [0, 0.05) is 19.2 Å². The highest BCUT2D eigenvalue weighted by atomic mass is 16.6. The van der Waals surface area contributed by atoms with Gasteiger partial charge in [-0.05, 0) is 33.7 Å². The van der Waals surface area contributed by atoms with E-state index in [1.807, 2.05) is 6.07 Å². The molecular weight excluding hydrogens is 286 g/mol. The number of aromatic hydroxyl groups is 1. The molecule has 0 radical (unpaired) electrons. The van der Waals surface area contributed by atoms with Crippen LogP contribution in [0.1, 0.15) is 11.7 Å². The number of phenols is 1. The summed E-state index contributed by atoms with van der Waals surface area (Å²) in [6, 6.07) is 10.1. The number of ether oxygens (including phenoxy) is 1. The Morgan fingerprint density at radius 2 is 2.23 bits per heavy atom. The van der Waals surface area contributed by atoms with Crippen LogP contribution in [0.25, 0.3) is 0 Å². The maximum absolute atomic E-state index is 10.6. The summed E-state index contributed by atoms with van der Waals surface area (Å²) in [7, 11) is 0. The zero-order valence-electron chi connectivity index (χ0n) is 11.8. The lowest BCUT2D eigenvalue weighted by Crippen LogP contribution is -2.38. The molecule has 2 heterocycles. The van der Waals surface area contributed by atoms with E-state index in [1.54, 1.807) is 24.3 Å². The first-order valence-electron chi connectivity index (χ1n) is 6.89. The van der Waals surface area contributed by atoms with E-state index in [4.69, 9.17) is 4.74 Å². The van der Waals surface area contributed by atoms with E-state index >= 15 is 0 Å². The van der Waals surface area contributed by atoms with Crippen LogP contribution in [0.3, 0.4) is 0 Å². The second-order valence-corrected chi connectivity index (χ2v) is 5.03. The molecule has 1 N–H and O–H groups in total. The van der Waals surface area contributed by atoms with E-state index in [9.17, 15) is 15.2 Å². The first kappa shape index (κ1) is 14.3. The summed E-state index contributed by atoms with van der Waals surface area (Å²) in [4.78, 5) is 16.0. The minimum Gasteiger partial charge on any atom is -0.508 e. The van der Waals surface area contributed by atoms with Gasteiger partial charge in [0.2, 0.25) is 0 Å². The quantitative estimate of drug-likeness (QED) is 0.691. The molecule has 3 rings (SSSR count). The van der Waals surface area contributed by atoms with Crippen molar-refractivity contribution in [2.75, 3.05) is 24.6 Å². The Labute approximate surface area is 126 Å². The monoisotopic (exact) mass is 301 g/mol. The van der Waals surface area contributed by atoms with Crippen LogP contribution in [-0.4, -0.2) is 34.7 Å². The van der Waals surface area contributed by atoms with Crippen LogP contribution in [0, 0.1) is 10.1 Å². The summed E-state index contributed by atoms with van der Waals surface area (Å²) < 4.78 is 5.75. The molecule has 0 amide bonds. The van der Waals surface area contributed by atoms with Crippen LogP contribution in [0.15, 0.2) is 42.6 Å². The van der Waals surface area contributed by atoms with E-state index in [-0.39, 0.29) is 17.7 Å². The number of nitrogens with zero attached hydrogens (tertiary/aromatic N) is 3. The van der Waals surface area contributed by atoms with E-state index in [0.29, 0.717) is 19.7 Å². The summed E-state index contributed by atoms with van der Waals surface area (Å²) >= 11 is 0. The third kappa shape index (κ3) is 2.99. The molecule has 0 saturated carbocycles. The molecule has 2 aromatic rings. The molecule has 1 aliphatic rings. The van der Waals surface area contributed by atoms with Crippen LogP contribution >= 0.6 is 0 Å². The van der Waals surface area contributed by atoms with Gasteiger partial charge < -0.3 is 24.9 Å². The number of nitro groups is 1. The van der Waals surface area contributed by atoms with E-state index in [0.717, 1.165) is 11.3 Å². The summed E-state index contributed by atoms with van der Waals surface area (Å²) in [5.41, 5.74) is 1.72. The summed E-state index contributed by atoms with van der Waals surface area (Å²) in [5, 5.41) is 20.2. The van der Waals surface area contributed by atoms with Crippen molar-refractivity contribution in [2.24, 2.45) is 0 Å². The summed E-state index contributed by atoms with van der Waals surface area (Å²) in [6.07, 6.45) is 1.35. The highest BCUT2D eigenvalue weighted by Gasteiger charge is 2.23. The van der Waals surface area contributed by atoms with Crippen molar-refractivity contribution >= 4 is 11.5 Å². The molecule has 0 aliphatic carbocycles. The summed E-state index contributed by atoms with van der Waals surface area (Å²) in [5.74, 6) is 0.0387. The molecule has 1 aromatic carbocycles. The van der Waals surface area contributed by atoms with Crippen LogP contribution < -0.4 is 4.90 Å². The van der Waals surface area contributed by atoms with Gasteiger partial charge in [-0.1, -0.05) is 12.1 Å². The molecule has 1 saturated heterocycles. The molecule has 114 valence electrons. The van der Waals surface area contributed by atoms with Crippen molar-refractivity contribution in [3.8, 4) is 5.75 Å². The smallest absolute Gasteiger partial charge is 0.363 e. The zero-order valence-corrected chi connectivity index (χ0v) is 11.8. The molecule has 22 heavy (non-hydrogen) atoms. The standard InChI is InChI=1S/C15H15N3O4/c19-13-3-1-2-11(8-13)14-10-17(6-7-22-14)12-4-5-15(16-9-12)18(20)21/h1-5,8-9,14,19H,6-7,10H2. The molecule has 1 atom stereocenters. The predicted octanol–water partition coefficient (Wildman–Crippen LogP) is 2.27. The number of aromatic nitrogens is 1. The normalized spacial score (nSPS) is 18.2. The number of rotatable bonds is 3. The highest BCUT2D eigenvalue weighted by Crippen LogP contribution is 2.28. The fourth-order valence-electron chi connectivity index (χ4n) is 2.48. The molecular formula is C15H15N3O4. The number of pyridine rings is 1. The fraction of sp³-hybridized carbons (Fsp3) is 0.267. The van der Waals surface area contributed by atoms with Gasteiger partial charge in [0.15, 0.2) is 6.20 Å². The zero-order chi connectivity index (χ0) is 15.5. The minimum absolute atomic E-state index is 0.156. The Kier molecular flexibility index (Phi) is 3.88. The molecule has 0 spiro atoms. The van der Waals surface area contributed by atoms with E-state index < -0.39 is 4.92 Å². The minimum atomic E-state index is -0.515. The van der Waals surface area contributed by atoms with Gasteiger partial charge in [0.1, 0.15) is 11.9 Å². The maximum atomic E-state index is 10.6. The van der Waals surface area contributed by atoms with Crippen LogP contribution in [-0.2, 0) is 4.74 Å². The van der Waals surface area contributed by atoms with Crippen molar-refractivity contribution in [3.63, 3.8) is 0 Å². The number of benzene rings is 1. The van der Waals surface area contributed by atoms with Crippen LogP contribution in [0.2, 0.25) is 0 Å². The lowest BCUT2D eigenvalue weighted by Gasteiger charge is -2.34. The lowest BCUT2D eigenvalue weighted by molar-refractivity contribution is -0.389. The van der Waals surface area contributed by atoms with Crippen LogP contribution in [0.5, 0.6) is 5.75 Å². The second-order valence-electron chi connectivity index (χ2n) is 5.03. The number of phenolic OH excluding ortho intramolecular Hbond substituents is 1. The van der Waals surface area contributed by atoms with E-state index in [1.165, 1.54) is 12.3 Å². The van der Waals surface area contributed by atoms with Gasteiger partial charge in [-0.3, -0.25) is 0 Å². The number of morpholine rings is 1. The molecule has 7 nitrogen and oxygen atoms in total. The maximum Gasteiger partial charge on any atom is 0.363 e. The number of anilines is 1. The average molecular weight is 301 g/mol. The molecule has 7 heteroatoms. The third-order valence-corrected chi connectivity index (χ3v) is 3.59. The average Bonchev–Trinajstić information content (AvgIpc) is 2.55. The largest absolute Gasteiger partial charge is 0.508 e. The second kappa shape index (κ2) is 5.98. The van der Waals surface area contributed by atoms with Gasteiger partial charge in [-0.25, -0.2) is 0 Å². The molecule has 1 aromatic heterocycles. The van der Waals surface area contributed by atoms with Crippen molar-refractivity contribution in [2.45, 2.75) is 6.10 Å². The Bertz CT molecular complexity index is 675. The Hall–Kier alpha value is -2.67. The van der Waals surface area contributed by atoms with E-state index in [2.05, 4.69) is 9.88 Å². The Morgan fingerprint density at radius 3 is 2.91 bits per heavy atom. The first-order chi connectivity index (χ1) is 10.6. The SMILES string of the molecule is O=[N+]([O-])c1ccc(N2CCOC(c3cccc(O)c3)C2)cn1. The van der Waals surface area contributed by atoms with Gasteiger partial charge in [-0.2, -0.15) is 0 Å². The first-order valence-corrected chi connectivity index (χ1v) is 6.89. The lowest BCUT2D eigenvalue weighted by atomic mass is 10.1. The Balaban J connectivity index is 1.76. The van der Waals surface area contributed by atoms with Crippen molar-refractivity contribution in [1.29, 1.82) is 0 Å². The third-order valence-electron chi connectivity index (χ3n) is 3.59. The molecule has 1 unspecified atom stereocenters. The molecule has 1 fully saturated rings. The van der Waals surface area contributed by atoms with Gasteiger partial charge in [-0.15, -0.1) is 0 Å². The fourth-order valence-corrected chi connectivity index (χ4v) is 2.48. The topological polar surface area (TPSA) is 88.7 Å². The predicted molar refractivity (Wildman–Crippen MR) is 79.9 cm³/mol. The van der Waals surface area contributed by atoms with Crippen molar-refractivity contribution in [1.82, 2.24) is 4.98 Å². The Morgan fingerprint density at radius 1 is 1.36 bits per heavy atom.